The first-order valence-electron chi connectivity index (χ1n) is 10.3. The van der Waals surface area contributed by atoms with Crippen molar-refractivity contribution >= 4 is 17.6 Å². The van der Waals surface area contributed by atoms with Crippen LogP contribution in [0.5, 0.6) is 5.75 Å². The lowest BCUT2D eigenvalue weighted by Crippen LogP contribution is -2.39. The zero-order chi connectivity index (χ0) is 19.9. The molecule has 0 aliphatic carbocycles. The zero-order valence-electron chi connectivity index (χ0n) is 16.9. The maximum Gasteiger partial charge on any atom is 0.195 e. The van der Waals surface area contributed by atoms with Gasteiger partial charge >= 0.3 is 0 Å². The third kappa shape index (κ3) is 5.51. The highest BCUT2D eigenvalue weighted by molar-refractivity contribution is 5.81. The number of likely N-dealkylation sites (tertiary alicyclic amines) is 1. The van der Waals surface area contributed by atoms with Crippen LogP contribution in [0.3, 0.4) is 0 Å². The molecule has 2 heterocycles. The number of nitrogens with one attached hydrogen (secondary N) is 3. The zero-order valence-corrected chi connectivity index (χ0v) is 16.9. The number of rotatable bonds is 8. The van der Waals surface area contributed by atoms with E-state index in [1.165, 1.54) is 25.9 Å². The van der Waals surface area contributed by atoms with Gasteiger partial charge < -0.3 is 20.7 Å². The maximum atomic E-state index is 5.88. The summed E-state index contributed by atoms with van der Waals surface area (Å²) in [5, 5.41) is 10.2. The van der Waals surface area contributed by atoms with Gasteiger partial charge in [0, 0.05) is 29.7 Å². The first-order chi connectivity index (χ1) is 14.3. The van der Waals surface area contributed by atoms with Crippen molar-refractivity contribution in [2.75, 3.05) is 36.9 Å². The van der Waals surface area contributed by atoms with E-state index < -0.39 is 0 Å². The molecule has 0 aromatic heterocycles. The second-order valence-electron chi connectivity index (χ2n) is 7.44. The molecule has 1 atom stereocenters. The minimum Gasteiger partial charge on any atom is -0.492 e. The largest absolute Gasteiger partial charge is 0.492 e. The highest BCUT2D eigenvalue weighted by Gasteiger charge is 2.14. The molecule has 0 radical (unpaired) electrons. The van der Waals surface area contributed by atoms with Gasteiger partial charge in [0.05, 0.1) is 0 Å². The summed E-state index contributed by atoms with van der Waals surface area (Å²) in [6.45, 7) is 6.18. The number of ether oxygens (including phenoxy) is 1. The lowest BCUT2D eigenvalue weighted by molar-refractivity contribution is 0.238. The average molecular weight is 392 g/mol. The highest BCUT2D eigenvalue weighted by atomic mass is 16.5. The Hall–Kier alpha value is -2.99. The van der Waals surface area contributed by atoms with E-state index in [0.717, 1.165) is 41.7 Å². The molecule has 1 saturated heterocycles. The van der Waals surface area contributed by atoms with Crippen LogP contribution in [0.2, 0.25) is 0 Å². The lowest BCUT2D eigenvalue weighted by Gasteiger charge is -2.25. The molecule has 4 rings (SSSR count). The van der Waals surface area contributed by atoms with Crippen LogP contribution in [0.15, 0.2) is 71.0 Å². The summed E-state index contributed by atoms with van der Waals surface area (Å²) in [6, 6.07) is 18.2. The van der Waals surface area contributed by atoms with E-state index in [0.29, 0.717) is 0 Å². The van der Waals surface area contributed by atoms with Gasteiger partial charge in [-0.3, -0.25) is 4.90 Å². The summed E-state index contributed by atoms with van der Waals surface area (Å²) >= 11 is 0. The van der Waals surface area contributed by atoms with E-state index in [9.17, 15) is 0 Å². The molecule has 0 bridgehead atoms. The van der Waals surface area contributed by atoms with Gasteiger partial charge in [-0.2, -0.15) is 0 Å². The summed E-state index contributed by atoms with van der Waals surface area (Å²) in [6.07, 6.45) is 4.28. The van der Waals surface area contributed by atoms with Gasteiger partial charge in [-0.25, -0.2) is 4.99 Å². The standard InChI is InChI=1S/C23H29N5O/c1-18-17-24-23(27-22(18)25-19-7-3-2-4-8-19)26-20-9-11-21(12-10-20)29-16-15-28-13-5-6-14-28/h2-4,7-12,17,23,25-27H,5-6,13-16H2,1H3. The molecule has 2 aliphatic heterocycles. The topological polar surface area (TPSA) is 60.9 Å². The Kier molecular flexibility index (Phi) is 6.32. The summed E-state index contributed by atoms with van der Waals surface area (Å²) in [5.41, 5.74) is 3.10. The van der Waals surface area contributed by atoms with Crippen molar-refractivity contribution in [3.8, 4) is 5.75 Å². The van der Waals surface area contributed by atoms with Gasteiger partial charge in [-0.1, -0.05) is 18.2 Å². The SMILES string of the molecule is CC1=C(Nc2ccccc2)NC(Nc2ccc(OCCN3CCCC3)cc2)N=C1. The molecule has 2 aromatic rings. The average Bonchev–Trinajstić information content (AvgIpc) is 3.26. The normalized spacial score (nSPS) is 19.1. The van der Waals surface area contributed by atoms with Gasteiger partial charge in [0.2, 0.25) is 0 Å². The summed E-state index contributed by atoms with van der Waals surface area (Å²) in [7, 11) is 0. The Morgan fingerprint density at radius 1 is 1.03 bits per heavy atom. The molecule has 0 saturated carbocycles. The Morgan fingerprint density at radius 2 is 1.79 bits per heavy atom. The minimum atomic E-state index is -0.230. The fourth-order valence-electron chi connectivity index (χ4n) is 3.52. The van der Waals surface area contributed by atoms with E-state index in [2.05, 4.69) is 25.8 Å². The van der Waals surface area contributed by atoms with E-state index in [1.54, 1.807) is 0 Å². The third-order valence-corrected chi connectivity index (χ3v) is 5.17. The quantitative estimate of drug-likeness (QED) is 0.638. The molecular formula is C23H29N5O. The maximum absolute atomic E-state index is 5.88. The predicted molar refractivity (Wildman–Crippen MR) is 119 cm³/mol. The first-order valence-corrected chi connectivity index (χ1v) is 10.3. The van der Waals surface area contributed by atoms with Crippen LogP contribution in [-0.2, 0) is 0 Å². The number of anilines is 2. The molecule has 2 aliphatic rings. The second kappa shape index (κ2) is 9.47. The van der Waals surface area contributed by atoms with Crippen molar-refractivity contribution in [1.82, 2.24) is 10.2 Å². The summed E-state index contributed by atoms with van der Waals surface area (Å²) < 4.78 is 5.88. The van der Waals surface area contributed by atoms with Crippen molar-refractivity contribution in [3.05, 3.63) is 66.0 Å². The Morgan fingerprint density at radius 3 is 2.55 bits per heavy atom. The molecule has 152 valence electrons. The van der Waals surface area contributed by atoms with Crippen LogP contribution in [0.1, 0.15) is 19.8 Å². The van der Waals surface area contributed by atoms with Crippen molar-refractivity contribution in [1.29, 1.82) is 0 Å². The van der Waals surface area contributed by atoms with Gasteiger partial charge in [0.1, 0.15) is 18.2 Å². The van der Waals surface area contributed by atoms with E-state index in [4.69, 9.17) is 4.74 Å². The van der Waals surface area contributed by atoms with Crippen molar-refractivity contribution < 1.29 is 4.74 Å². The Labute approximate surface area is 172 Å². The molecule has 2 aromatic carbocycles. The number of para-hydroxylation sites is 1. The van der Waals surface area contributed by atoms with E-state index in [1.807, 2.05) is 67.7 Å². The van der Waals surface area contributed by atoms with Gasteiger partial charge in [0.25, 0.3) is 0 Å². The van der Waals surface area contributed by atoms with E-state index in [-0.39, 0.29) is 6.29 Å². The van der Waals surface area contributed by atoms with Crippen LogP contribution < -0.4 is 20.7 Å². The number of nitrogens with zero attached hydrogens (tertiary/aromatic N) is 2. The van der Waals surface area contributed by atoms with Crippen molar-refractivity contribution in [3.63, 3.8) is 0 Å². The minimum absolute atomic E-state index is 0.230. The number of benzene rings is 2. The number of hydrogen-bond donors (Lipinski definition) is 3. The van der Waals surface area contributed by atoms with Gasteiger partial charge in [-0.05, 0) is 69.3 Å². The number of allylic oxidation sites excluding steroid dienone is 1. The summed E-state index contributed by atoms with van der Waals surface area (Å²) in [5.74, 6) is 1.85. The van der Waals surface area contributed by atoms with Crippen LogP contribution in [0.25, 0.3) is 0 Å². The fourth-order valence-corrected chi connectivity index (χ4v) is 3.52. The Bertz CT molecular complexity index is 841. The molecule has 1 unspecified atom stereocenters. The van der Waals surface area contributed by atoms with Crippen LogP contribution in [-0.4, -0.2) is 43.6 Å². The Balaban J connectivity index is 1.27. The fraction of sp³-hybridized carbons (Fsp3) is 0.348. The van der Waals surface area contributed by atoms with Crippen LogP contribution in [0, 0.1) is 0 Å². The molecule has 0 spiro atoms. The molecule has 1 fully saturated rings. The summed E-state index contributed by atoms with van der Waals surface area (Å²) in [4.78, 5) is 6.99. The molecule has 6 nitrogen and oxygen atoms in total. The smallest absolute Gasteiger partial charge is 0.195 e. The first kappa shape index (κ1) is 19.3. The molecule has 29 heavy (non-hydrogen) atoms. The number of hydrogen-bond acceptors (Lipinski definition) is 6. The molecule has 0 amide bonds. The third-order valence-electron chi connectivity index (χ3n) is 5.17. The molecule has 6 heteroatoms. The highest BCUT2D eigenvalue weighted by Crippen LogP contribution is 2.18. The van der Waals surface area contributed by atoms with Crippen molar-refractivity contribution in [2.24, 2.45) is 4.99 Å². The van der Waals surface area contributed by atoms with Crippen molar-refractivity contribution in [2.45, 2.75) is 26.1 Å². The predicted octanol–water partition coefficient (Wildman–Crippen LogP) is 3.87. The monoisotopic (exact) mass is 391 g/mol. The van der Waals surface area contributed by atoms with Crippen LogP contribution >= 0.6 is 0 Å². The molecular weight excluding hydrogens is 362 g/mol. The molecule has 3 N–H and O–H groups in total. The van der Waals surface area contributed by atoms with Gasteiger partial charge in [0.15, 0.2) is 6.29 Å². The number of aliphatic imine (C=N–C) groups is 1. The van der Waals surface area contributed by atoms with Gasteiger partial charge in [-0.15, -0.1) is 0 Å². The van der Waals surface area contributed by atoms with E-state index >= 15 is 0 Å². The van der Waals surface area contributed by atoms with Crippen LogP contribution in [0.4, 0.5) is 11.4 Å². The second-order valence-corrected chi connectivity index (χ2v) is 7.44. The lowest BCUT2D eigenvalue weighted by atomic mass is 10.2.